The zero-order valence-corrected chi connectivity index (χ0v) is 19.1. The molecule has 3 rings (SSSR count). The van der Waals surface area contributed by atoms with E-state index in [-0.39, 0.29) is 29.0 Å². The Hall–Kier alpha value is -4.84. The van der Waals surface area contributed by atoms with E-state index in [9.17, 15) is 19.6 Å². The minimum absolute atomic E-state index is 0.0555. The molecule has 1 amide bonds. The van der Waals surface area contributed by atoms with Crippen LogP contribution in [0, 0.1) is 11.3 Å². The number of fused-ring (bicyclic) bond motifs is 1. The SMILES string of the molecule is C=CCNC(=O)c1cc2ccc(OC(=O)/C(C#N)=C/c3ccc(OCC)c(OC)c3)cc2oc1=O. The number of nitriles is 1. The summed E-state index contributed by atoms with van der Waals surface area (Å²) in [6, 6.07) is 12.5. The van der Waals surface area contributed by atoms with Crippen molar-refractivity contribution in [1.82, 2.24) is 5.32 Å². The summed E-state index contributed by atoms with van der Waals surface area (Å²) >= 11 is 0. The summed E-state index contributed by atoms with van der Waals surface area (Å²) < 4.78 is 21.3. The number of nitrogens with zero attached hydrogens (tertiary/aromatic N) is 1. The van der Waals surface area contributed by atoms with Crippen molar-refractivity contribution < 1.29 is 28.2 Å². The fraction of sp³-hybridized carbons (Fsp3) is 0.154. The number of amides is 1. The maximum atomic E-state index is 12.6. The van der Waals surface area contributed by atoms with Crippen LogP contribution in [0.5, 0.6) is 17.2 Å². The van der Waals surface area contributed by atoms with E-state index in [0.29, 0.717) is 29.1 Å². The first-order valence-electron chi connectivity index (χ1n) is 10.5. The third kappa shape index (κ3) is 5.94. The lowest BCUT2D eigenvalue weighted by atomic mass is 10.1. The molecule has 9 heteroatoms. The van der Waals surface area contributed by atoms with Crippen LogP contribution in [0.2, 0.25) is 0 Å². The summed E-state index contributed by atoms with van der Waals surface area (Å²) in [6.07, 6.45) is 2.84. The first-order valence-corrected chi connectivity index (χ1v) is 10.5. The van der Waals surface area contributed by atoms with Crippen molar-refractivity contribution in [3.63, 3.8) is 0 Å². The second-order valence-electron chi connectivity index (χ2n) is 7.05. The summed E-state index contributed by atoms with van der Waals surface area (Å²) in [7, 11) is 1.49. The molecular formula is C26H22N2O7. The van der Waals surface area contributed by atoms with Crippen molar-refractivity contribution in [3.05, 3.63) is 82.2 Å². The lowest BCUT2D eigenvalue weighted by Gasteiger charge is -2.10. The highest BCUT2D eigenvalue weighted by Gasteiger charge is 2.16. The van der Waals surface area contributed by atoms with Crippen molar-refractivity contribution in [3.8, 4) is 23.3 Å². The number of carbonyl (C=O) groups is 2. The molecule has 0 unspecified atom stereocenters. The van der Waals surface area contributed by atoms with Gasteiger partial charge in [-0.3, -0.25) is 4.79 Å². The van der Waals surface area contributed by atoms with Crippen LogP contribution in [0.25, 0.3) is 17.0 Å². The number of hydrogen-bond acceptors (Lipinski definition) is 8. The van der Waals surface area contributed by atoms with E-state index in [1.54, 1.807) is 18.2 Å². The Balaban J connectivity index is 1.84. The zero-order valence-electron chi connectivity index (χ0n) is 19.1. The summed E-state index contributed by atoms with van der Waals surface area (Å²) in [6.45, 7) is 5.99. The van der Waals surface area contributed by atoms with E-state index in [1.807, 2.05) is 13.0 Å². The number of hydrogen-bond donors (Lipinski definition) is 1. The second kappa shape index (κ2) is 11.3. The van der Waals surface area contributed by atoms with Crippen molar-refractivity contribution in [1.29, 1.82) is 5.26 Å². The molecular weight excluding hydrogens is 452 g/mol. The van der Waals surface area contributed by atoms with Gasteiger partial charge in [0.1, 0.15) is 28.5 Å². The third-order valence-electron chi connectivity index (χ3n) is 4.71. The van der Waals surface area contributed by atoms with E-state index in [4.69, 9.17) is 18.6 Å². The Morgan fingerprint density at radius 1 is 1.17 bits per heavy atom. The van der Waals surface area contributed by atoms with Gasteiger partial charge in [0.2, 0.25) is 0 Å². The minimum atomic E-state index is -0.900. The summed E-state index contributed by atoms with van der Waals surface area (Å²) in [4.78, 5) is 36.9. The topological polar surface area (TPSA) is 128 Å². The average Bonchev–Trinajstić information content (AvgIpc) is 2.86. The summed E-state index contributed by atoms with van der Waals surface area (Å²) in [5.41, 5.74) is -0.619. The Bertz CT molecular complexity index is 1410. The van der Waals surface area contributed by atoms with Crippen LogP contribution in [-0.2, 0) is 4.79 Å². The van der Waals surface area contributed by atoms with Gasteiger partial charge in [0.25, 0.3) is 5.91 Å². The van der Waals surface area contributed by atoms with Gasteiger partial charge in [-0.1, -0.05) is 12.1 Å². The highest BCUT2D eigenvalue weighted by Crippen LogP contribution is 2.29. The highest BCUT2D eigenvalue weighted by atomic mass is 16.5. The van der Waals surface area contributed by atoms with Crippen LogP contribution in [-0.4, -0.2) is 32.1 Å². The van der Waals surface area contributed by atoms with Gasteiger partial charge >= 0.3 is 11.6 Å². The number of carbonyl (C=O) groups excluding carboxylic acids is 2. The Labute approximate surface area is 200 Å². The Morgan fingerprint density at radius 3 is 2.66 bits per heavy atom. The van der Waals surface area contributed by atoms with Crippen LogP contribution in [0.1, 0.15) is 22.8 Å². The predicted molar refractivity (Wildman–Crippen MR) is 128 cm³/mol. The summed E-state index contributed by atoms with van der Waals surface area (Å²) in [5, 5.41) is 12.4. The van der Waals surface area contributed by atoms with E-state index < -0.39 is 17.5 Å². The number of rotatable bonds is 9. The molecule has 0 saturated heterocycles. The van der Waals surface area contributed by atoms with Crippen LogP contribution in [0.4, 0.5) is 0 Å². The van der Waals surface area contributed by atoms with Gasteiger partial charge in [-0.2, -0.15) is 5.26 Å². The monoisotopic (exact) mass is 474 g/mol. The van der Waals surface area contributed by atoms with Crippen molar-refractivity contribution in [2.24, 2.45) is 0 Å². The molecule has 0 fully saturated rings. The lowest BCUT2D eigenvalue weighted by Crippen LogP contribution is -2.28. The van der Waals surface area contributed by atoms with Gasteiger partial charge in [0.05, 0.1) is 13.7 Å². The molecule has 9 nitrogen and oxygen atoms in total. The molecule has 0 radical (unpaired) electrons. The van der Waals surface area contributed by atoms with Crippen LogP contribution < -0.4 is 25.2 Å². The molecule has 35 heavy (non-hydrogen) atoms. The van der Waals surface area contributed by atoms with Crippen LogP contribution in [0.3, 0.4) is 0 Å². The molecule has 0 aliphatic carbocycles. The van der Waals surface area contributed by atoms with Gasteiger partial charge < -0.3 is 23.9 Å². The standard InChI is InChI=1S/C26H22N2O7/c1-4-10-28-24(29)20-13-17-7-8-19(14-22(17)35-26(20)31)34-25(30)18(15-27)11-16-6-9-21(33-5-2)23(12-16)32-3/h4,6-9,11-14H,1,5,10H2,2-3H3,(H,28,29)/b18-11+. The van der Waals surface area contributed by atoms with Gasteiger partial charge in [0, 0.05) is 18.0 Å². The zero-order chi connectivity index (χ0) is 25.4. The molecule has 1 heterocycles. The second-order valence-corrected chi connectivity index (χ2v) is 7.05. The number of benzene rings is 2. The molecule has 0 bridgehead atoms. The minimum Gasteiger partial charge on any atom is -0.493 e. The largest absolute Gasteiger partial charge is 0.493 e. The molecule has 0 spiro atoms. The molecule has 0 aliphatic rings. The molecule has 0 atom stereocenters. The molecule has 0 aliphatic heterocycles. The van der Waals surface area contributed by atoms with E-state index >= 15 is 0 Å². The van der Waals surface area contributed by atoms with Crippen LogP contribution in [0.15, 0.2) is 69.9 Å². The smallest absolute Gasteiger partial charge is 0.354 e. The van der Waals surface area contributed by atoms with Gasteiger partial charge in [0.15, 0.2) is 11.5 Å². The molecule has 0 saturated carbocycles. The normalized spacial score (nSPS) is 10.8. The number of methoxy groups -OCH3 is 1. The Kier molecular flexibility index (Phi) is 8.03. The lowest BCUT2D eigenvalue weighted by molar-refractivity contribution is -0.129. The van der Waals surface area contributed by atoms with Crippen molar-refractivity contribution >= 4 is 28.9 Å². The average molecular weight is 474 g/mol. The number of ether oxygens (including phenoxy) is 3. The van der Waals surface area contributed by atoms with E-state index in [2.05, 4.69) is 11.9 Å². The number of esters is 1. The maximum Gasteiger partial charge on any atom is 0.354 e. The highest BCUT2D eigenvalue weighted by molar-refractivity contribution is 6.00. The fourth-order valence-electron chi connectivity index (χ4n) is 3.09. The van der Waals surface area contributed by atoms with Gasteiger partial charge in [-0.15, -0.1) is 6.58 Å². The number of nitrogens with one attached hydrogen (secondary N) is 1. The quantitative estimate of drug-likeness (QED) is 0.124. The maximum absolute atomic E-state index is 12.6. The molecule has 2 aromatic carbocycles. The first kappa shape index (κ1) is 24.8. The van der Waals surface area contributed by atoms with Gasteiger partial charge in [-0.05, 0) is 48.9 Å². The predicted octanol–water partition coefficient (Wildman–Crippen LogP) is 3.63. The Morgan fingerprint density at radius 2 is 1.97 bits per heavy atom. The molecule has 1 aromatic heterocycles. The fourth-order valence-corrected chi connectivity index (χ4v) is 3.09. The molecule has 178 valence electrons. The van der Waals surface area contributed by atoms with E-state index in [1.165, 1.54) is 43.5 Å². The third-order valence-corrected chi connectivity index (χ3v) is 4.71. The molecule has 3 aromatic rings. The van der Waals surface area contributed by atoms with Gasteiger partial charge in [-0.25, -0.2) is 9.59 Å². The first-order chi connectivity index (χ1) is 16.9. The van der Waals surface area contributed by atoms with Crippen LogP contribution >= 0.6 is 0 Å². The van der Waals surface area contributed by atoms with E-state index in [0.717, 1.165) is 0 Å². The van der Waals surface area contributed by atoms with Crippen molar-refractivity contribution in [2.45, 2.75) is 6.92 Å². The van der Waals surface area contributed by atoms with Crippen molar-refractivity contribution in [2.75, 3.05) is 20.3 Å². The summed E-state index contributed by atoms with van der Waals surface area (Å²) in [5.74, 6) is -0.450. The molecule has 1 N–H and O–H groups in total.